The van der Waals surface area contributed by atoms with Crippen LogP contribution in [0.25, 0.3) is 5.82 Å². The molecule has 23 heavy (non-hydrogen) atoms. The summed E-state index contributed by atoms with van der Waals surface area (Å²) < 4.78 is 6.18. The molecule has 0 spiro atoms. The van der Waals surface area contributed by atoms with Crippen LogP contribution < -0.4 is 0 Å². The van der Waals surface area contributed by atoms with Crippen molar-refractivity contribution in [1.82, 2.24) is 29.2 Å². The van der Waals surface area contributed by atoms with E-state index in [-0.39, 0.29) is 0 Å². The van der Waals surface area contributed by atoms with Gasteiger partial charge < -0.3 is 4.57 Å². The van der Waals surface area contributed by atoms with Crippen molar-refractivity contribution in [3.63, 3.8) is 0 Å². The van der Waals surface area contributed by atoms with Crippen molar-refractivity contribution in [2.45, 2.75) is 33.7 Å². The largest absolute Gasteiger partial charge is 0.303 e. The third-order valence-corrected chi connectivity index (χ3v) is 3.97. The minimum Gasteiger partial charge on any atom is -0.303 e. The van der Waals surface area contributed by atoms with Gasteiger partial charge in [0.25, 0.3) is 0 Å². The molecule has 3 rings (SSSR count). The van der Waals surface area contributed by atoms with Crippen molar-refractivity contribution in [1.29, 1.82) is 0 Å². The zero-order valence-corrected chi connectivity index (χ0v) is 14.4. The van der Waals surface area contributed by atoms with E-state index in [2.05, 4.69) is 58.7 Å². The van der Waals surface area contributed by atoms with Crippen LogP contribution in [0, 0.1) is 18.6 Å². The average molecular weight is 329 g/mol. The van der Waals surface area contributed by atoms with Crippen LogP contribution in [-0.2, 0) is 0 Å². The van der Waals surface area contributed by atoms with Gasteiger partial charge in [0.1, 0.15) is 12.1 Å². The van der Waals surface area contributed by atoms with Gasteiger partial charge in [0.05, 0.1) is 12.4 Å². The molecule has 0 saturated heterocycles. The Hall–Kier alpha value is -2.48. The zero-order chi connectivity index (χ0) is 16.6. The lowest BCUT2D eigenvalue weighted by Crippen LogP contribution is -2.11. The van der Waals surface area contributed by atoms with Crippen LogP contribution in [0.15, 0.2) is 29.8 Å². The third kappa shape index (κ3) is 2.77. The molecular formula is C15H19N7S. The van der Waals surface area contributed by atoms with E-state index in [1.54, 1.807) is 12.5 Å². The summed E-state index contributed by atoms with van der Waals surface area (Å²) in [4.78, 5) is 0. The van der Waals surface area contributed by atoms with Crippen LogP contribution in [0.1, 0.15) is 36.8 Å². The fourth-order valence-corrected chi connectivity index (χ4v) is 2.75. The average Bonchev–Trinajstić information content (AvgIpc) is 3.17. The molecule has 120 valence electrons. The van der Waals surface area contributed by atoms with Gasteiger partial charge >= 0.3 is 0 Å². The summed E-state index contributed by atoms with van der Waals surface area (Å²) in [6, 6.07) is 4.41. The smallest absolute Gasteiger partial charge is 0.216 e. The van der Waals surface area contributed by atoms with Crippen LogP contribution in [0.4, 0.5) is 0 Å². The van der Waals surface area contributed by atoms with E-state index < -0.39 is 0 Å². The molecule has 3 heterocycles. The molecule has 1 N–H and O–H groups in total. The number of H-pyrrole nitrogens is 1. The first-order chi connectivity index (χ1) is 11.0. The highest BCUT2D eigenvalue weighted by Gasteiger charge is 2.14. The minimum atomic E-state index is 0.294. The summed E-state index contributed by atoms with van der Waals surface area (Å²) in [7, 11) is 0. The highest BCUT2D eigenvalue weighted by Crippen LogP contribution is 2.21. The number of aromatic amines is 1. The number of hydrogen-bond donors (Lipinski definition) is 1. The molecular weight excluding hydrogens is 310 g/mol. The van der Waals surface area contributed by atoms with E-state index in [0.29, 0.717) is 10.8 Å². The van der Waals surface area contributed by atoms with Gasteiger partial charge in [-0.25, -0.2) is 4.68 Å². The van der Waals surface area contributed by atoms with E-state index in [0.717, 1.165) is 22.8 Å². The SMILES string of the molecule is Cc1cc(/C=N\n2cn[nH]c2=S)c(C)n1-c1ccnn1C(C)C. The van der Waals surface area contributed by atoms with Crippen LogP contribution >= 0.6 is 12.2 Å². The predicted molar refractivity (Wildman–Crippen MR) is 91.8 cm³/mol. The number of aromatic nitrogens is 6. The predicted octanol–water partition coefficient (Wildman–Crippen LogP) is 3.01. The maximum absolute atomic E-state index is 5.09. The molecule has 8 heteroatoms. The highest BCUT2D eigenvalue weighted by atomic mass is 32.1. The molecule has 0 bridgehead atoms. The molecule has 0 fully saturated rings. The summed E-state index contributed by atoms with van der Waals surface area (Å²) in [5.74, 6) is 1.05. The Morgan fingerprint density at radius 1 is 1.35 bits per heavy atom. The minimum absolute atomic E-state index is 0.294. The van der Waals surface area contributed by atoms with Gasteiger partial charge in [0, 0.05) is 29.1 Å². The number of hydrogen-bond acceptors (Lipinski definition) is 4. The van der Waals surface area contributed by atoms with Crippen molar-refractivity contribution in [2.24, 2.45) is 5.10 Å². The van der Waals surface area contributed by atoms with Gasteiger partial charge in [0.2, 0.25) is 4.77 Å². The molecule has 0 aliphatic rings. The standard InChI is InChI=1S/C15H19N7S/c1-10(2)22-14(5-6-17-22)21-11(3)7-13(12(21)4)8-18-20-9-16-19-15(20)23/h5-10H,1-4H3,(H,19,23)/b18-8-. The summed E-state index contributed by atoms with van der Waals surface area (Å²) in [6.07, 6.45) is 5.17. The molecule has 0 aliphatic heterocycles. The Balaban J connectivity index is 2.03. The van der Waals surface area contributed by atoms with Crippen molar-refractivity contribution in [2.75, 3.05) is 0 Å². The molecule has 0 amide bonds. The number of aryl methyl sites for hydroxylation is 1. The summed E-state index contributed by atoms with van der Waals surface area (Å²) in [5.41, 5.74) is 3.26. The Morgan fingerprint density at radius 3 is 2.78 bits per heavy atom. The van der Waals surface area contributed by atoms with Gasteiger partial charge in [-0.1, -0.05) is 0 Å². The fourth-order valence-electron chi connectivity index (χ4n) is 2.60. The van der Waals surface area contributed by atoms with E-state index in [1.807, 2.05) is 16.9 Å². The van der Waals surface area contributed by atoms with Crippen LogP contribution in [0.3, 0.4) is 0 Å². The second-order valence-corrected chi connectivity index (χ2v) is 6.03. The molecule has 0 aromatic carbocycles. The van der Waals surface area contributed by atoms with Gasteiger partial charge in [0.15, 0.2) is 0 Å². The molecule has 7 nitrogen and oxygen atoms in total. The lowest BCUT2D eigenvalue weighted by atomic mass is 10.3. The third-order valence-electron chi connectivity index (χ3n) is 3.69. The fraction of sp³-hybridized carbons (Fsp3) is 0.333. The molecule has 0 unspecified atom stereocenters. The maximum atomic E-state index is 5.09. The van der Waals surface area contributed by atoms with Gasteiger partial charge in [-0.2, -0.15) is 20.0 Å². The monoisotopic (exact) mass is 329 g/mol. The zero-order valence-electron chi connectivity index (χ0n) is 13.6. The first-order valence-electron chi connectivity index (χ1n) is 7.38. The highest BCUT2D eigenvalue weighted by molar-refractivity contribution is 7.71. The summed E-state index contributed by atoms with van der Waals surface area (Å²) >= 11 is 5.09. The molecule has 0 saturated carbocycles. The first-order valence-corrected chi connectivity index (χ1v) is 7.79. The van der Waals surface area contributed by atoms with E-state index in [1.165, 1.54) is 4.68 Å². The van der Waals surface area contributed by atoms with Crippen LogP contribution in [0.2, 0.25) is 0 Å². The number of nitrogens with zero attached hydrogens (tertiary/aromatic N) is 6. The van der Waals surface area contributed by atoms with Gasteiger partial charge in [-0.05, 0) is 46.0 Å². The first kappa shape index (κ1) is 15.4. The van der Waals surface area contributed by atoms with Crippen molar-refractivity contribution in [3.8, 4) is 5.82 Å². The van der Waals surface area contributed by atoms with Crippen LogP contribution in [-0.4, -0.2) is 35.4 Å². The summed E-state index contributed by atoms with van der Waals surface area (Å²) in [5, 5.41) is 15.3. The van der Waals surface area contributed by atoms with Crippen molar-refractivity contribution in [3.05, 3.63) is 46.4 Å². The lowest BCUT2D eigenvalue weighted by molar-refractivity contribution is 0.519. The normalized spacial score (nSPS) is 11.9. The Labute approximate surface area is 139 Å². The van der Waals surface area contributed by atoms with Gasteiger partial charge in [-0.3, -0.25) is 5.10 Å². The Bertz CT molecular complexity index is 907. The topological polar surface area (TPSA) is 68.7 Å². The van der Waals surface area contributed by atoms with Gasteiger partial charge in [-0.15, -0.1) is 0 Å². The maximum Gasteiger partial charge on any atom is 0.216 e. The molecule has 0 atom stereocenters. The molecule has 3 aromatic heterocycles. The number of nitrogens with one attached hydrogen (secondary N) is 1. The molecule has 3 aromatic rings. The number of rotatable bonds is 4. The quantitative estimate of drug-likeness (QED) is 0.591. The van der Waals surface area contributed by atoms with E-state index >= 15 is 0 Å². The molecule has 0 radical (unpaired) electrons. The van der Waals surface area contributed by atoms with E-state index in [9.17, 15) is 0 Å². The second kappa shape index (κ2) is 5.96. The van der Waals surface area contributed by atoms with Crippen molar-refractivity contribution < 1.29 is 0 Å². The van der Waals surface area contributed by atoms with E-state index in [4.69, 9.17) is 12.2 Å². The summed E-state index contributed by atoms with van der Waals surface area (Å²) in [6.45, 7) is 8.38. The van der Waals surface area contributed by atoms with Crippen molar-refractivity contribution >= 4 is 18.4 Å². The Kier molecular flexibility index (Phi) is 3.99. The lowest BCUT2D eigenvalue weighted by Gasteiger charge is -2.14. The second-order valence-electron chi connectivity index (χ2n) is 5.64. The Morgan fingerprint density at radius 2 is 2.13 bits per heavy atom. The van der Waals surface area contributed by atoms with Crippen LogP contribution in [0.5, 0.6) is 0 Å². The molecule has 0 aliphatic carbocycles.